The largest absolute Gasteiger partial charge is 0.482 e. The summed E-state index contributed by atoms with van der Waals surface area (Å²) in [6.45, 7) is 0. The normalized spacial score (nSPS) is 22.6. The first-order valence-corrected chi connectivity index (χ1v) is 6.73. The van der Waals surface area contributed by atoms with Crippen LogP contribution < -0.4 is 10.5 Å². The fourth-order valence-corrected chi connectivity index (χ4v) is 2.51. The van der Waals surface area contributed by atoms with E-state index < -0.39 is 4.92 Å². The molecule has 1 aliphatic carbocycles. The van der Waals surface area contributed by atoms with Gasteiger partial charge in [-0.25, -0.2) is 0 Å². The van der Waals surface area contributed by atoms with Gasteiger partial charge in [-0.15, -0.1) is 0 Å². The number of nitriles is 1. The van der Waals surface area contributed by atoms with Crippen molar-refractivity contribution >= 4 is 5.69 Å². The Morgan fingerprint density at radius 3 is 2.80 bits per heavy atom. The van der Waals surface area contributed by atoms with E-state index in [1.165, 1.54) is 12.1 Å². The molecule has 0 radical (unpaired) electrons. The van der Waals surface area contributed by atoms with E-state index >= 15 is 0 Å². The van der Waals surface area contributed by atoms with E-state index in [1.807, 2.05) is 6.07 Å². The van der Waals surface area contributed by atoms with E-state index in [9.17, 15) is 10.1 Å². The van der Waals surface area contributed by atoms with Crippen LogP contribution in [0.1, 0.15) is 37.7 Å². The van der Waals surface area contributed by atoms with Gasteiger partial charge in [-0.2, -0.15) is 5.26 Å². The summed E-state index contributed by atoms with van der Waals surface area (Å²) in [7, 11) is 0. The number of nitrogens with zero attached hydrogens (tertiary/aromatic N) is 2. The highest BCUT2D eigenvalue weighted by Gasteiger charge is 2.27. The fourth-order valence-electron chi connectivity index (χ4n) is 2.51. The maximum Gasteiger partial charge on any atom is 0.328 e. The fraction of sp³-hybridized carbons (Fsp3) is 0.500. The molecule has 1 fully saturated rings. The third-order valence-electron chi connectivity index (χ3n) is 3.58. The monoisotopic (exact) mass is 275 g/mol. The second-order valence-electron chi connectivity index (χ2n) is 4.98. The number of ether oxygens (including phenoxy) is 1. The molecule has 106 valence electrons. The van der Waals surface area contributed by atoms with E-state index in [2.05, 4.69) is 0 Å². The summed E-state index contributed by atoms with van der Waals surface area (Å²) in [5, 5.41) is 20.1. The molecule has 2 unspecified atom stereocenters. The van der Waals surface area contributed by atoms with Crippen molar-refractivity contribution in [1.82, 2.24) is 0 Å². The number of hydrogen-bond donors (Lipinski definition) is 1. The Balaban J connectivity index is 2.28. The molecule has 6 nitrogen and oxygen atoms in total. The van der Waals surface area contributed by atoms with Crippen LogP contribution in [0.2, 0.25) is 0 Å². The molecular weight excluding hydrogens is 258 g/mol. The Morgan fingerprint density at radius 1 is 1.35 bits per heavy atom. The molecule has 0 amide bonds. The molecular formula is C14H17N3O3. The van der Waals surface area contributed by atoms with E-state index in [0.29, 0.717) is 0 Å². The van der Waals surface area contributed by atoms with Crippen molar-refractivity contribution in [2.45, 2.75) is 44.2 Å². The molecule has 1 aromatic carbocycles. The van der Waals surface area contributed by atoms with Gasteiger partial charge in [0, 0.05) is 6.04 Å². The Hall–Kier alpha value is -2.13. The summed E-state index contributed by atoms with van der Waals surface area (Å²) in [6.07, 6.45) is 4.58. The van der Waals surface area contributed by atoms with Crippen LogP contribution in [-0.4, -0.2) is 17.1 Å². The SMILES string of the molecule is N#Cc1cccc(OC2CCCCCC2N)c1[N+](=O)[O-]. The molecule has 0 bridgehead atoms. The first kappa shape index (κ1) is 14.3. The van der Waals surface area contributed by atoms with Crippen molar-refractivity contribution in [3.8, 4) is 11.8 Å². The highest BCUT2D eigenvalue weighted by molar-refractivity contribution is 5.58. The number of nitro groups is 1. The number of nitro benzene ring substituents is 1. The lowest BCUT2D eigenvalue weighted by atomic mass is 10.1. The minimum absolute atomic E-state index is 0.00898. The molecule has 0 heterocycles. The first-order valence-electron chi connectivity index (χ1n) is 6.73. The van der Waals surface area contributed by atoms with Gasteiger partial charge in [0.25, 0.3) is 0 Å². The van der Waals surface area contributed by atoms with Crippen LogP contribution in [0.4, 0.5) is 5.69 Å². The van der Waals surface area contributed by atoms with Crippen molar-refractivity contribution in [3.05, 3.63) is 33.9 Å². The van der Waals surface area contributed by atoms with Gasteiger partial charge in [-0.1, -0.05) is 18.9 Å². The standard InChI is InChI=1S/C14H17N3O3/c15-9-10-5-4-8-13(14(10)17(18)19)20-12-7-3-1-2-6-11(12)16/h4-5,8,11-12H,1-3,6-7,16H2. The first-order chi connectivity index (χ1) is 9.63. The van der Waals surface area contributed by atoms with Crippen LogP contribution in [0.5, 0.6) is 5.75 Å². The molecule has 0 aromatic heterocycles. The van der Waals surface area contributed by atoms with Crippen molar-refractivity contribution in [2.75, 3.05) is 0 Å². The molecule has 1 aromatic rings. The van der Waals surface area contributed by atoms with Crippen LogP contribution in [0.3, 0.4) is 0 Å². The van der Waals surface area contributed by atoms with Crippen LogP contribution in [0.25, 0.3) is 0 Å². The summed E-state index contributed by atoms with van der Waals surface area (Å²) in [5.74, 6) is 0.136. The third-order valence-corrected chi connectivity index (χ3v) is 3.58. The molecule has 0 spiro atoms. The van der Waals surface area contributed by atoms with Crippen molar-refractivity contribution in [1.29, 1.82) is 5.26 Å². The lowest BCUT2D eigenvalue weighted by Crippen LogP contribution is -2.38. The van der Waals surface area contributed by atoms with Gasteiger partial charge in [0.15, 0.2) is 5.75 Å². The Kier molecular flexibility index (Phi) is 4.53. The Bertz CT molecular complexity index is 539. The van der Waals surface area contributed by atoms with Crippen LogP contribution in [0, 0.1) is 21.4 Å². The average Bonchev–Trinajstić information content (AvgIpc) is 2.63. The summed E-state index contributed by atoms with van der Waals surface area (Å²) in [6, 6.07) is 6.23. The van der Waals surface area contributed by atoms with E-state index in [-0.39, 0.29) is 29.1 Å². The molecule has 1 aliphatic rings. The molecule has 20 heavy (non-hydrogen) atoms. The Morgan fingerprint density at radius 2 is 2.10 bits per heavy atom. The van der Waals surface area contributed by atoms with Gasteiger partial charge in [0.1, 0.15) is 17.7 Å². The number of benzene rings is 1. The minimum atomic E-state index is -0.573. The Labute approximate surface area is 117 Å². The molecule has 2 atom stereocenters. The van der Waals surface area contributed by atoms with Crippen molar-refractivity contribution in [3.63, 3.8) is 0 Å². The third kappa shape index (κ3) is 3.06. The number of hydrogen-bond acceptors (Lipinski definition) is 5. The quantitative estimate of drug-likeness (QED) is 0.518. The highest BCUT2D eigenvalue weighted by atomic mass is 16.6. The smallest absolute Gasteiger partial charge is 0.328 e. The zero-order valence-electron chi connectivity index (χ0n) is 11.1. The zero-order chi connectivity index (χ0) is 14.5. The van der Waals surface area contributed by atoms with Crippen LogP contribution in [0.15, 0.2) is 18.2 Å². The average molecular weight is 275 g/mol. The number of para-hydroxylation sites is 1. The molecule has 0 aliphatic heterocycles. The van der Waals surface area contributed by atoms with Crippen molar-refractivity contribution < 1.29 is 9.66 Å². The van der Waals surface area contributed by atoms with Gasteiger partial charge in [-0.3, -0.25) is 10.1 Å². The molecule has 2 rings (SSSR count). The maximum absolute atomic E-state index is 11.1. The predicted octanol–water partition coefficient (Wildman–Crippen LogP) is 2.51. The van der Waals surface area contributed by atoms with Crippen LogP contribution >= 0.6 is 0 Å². The van der Waals surface area contributed by atoms with E-state index in [4.69, 9.17) is 15.7 Å². The molecule has 0 saturated heterocycles. The van der Waals surface area contributed by atoms with Gasteiger partial charge in [-0.05, 0) is 31.4 Å². The van der Waals surface area contributed by atoms with Gasteiger partial charge in [0.05, 0.1) is 4.92 Å². The second-order valence-corrected chi connectivity index (χ2v) is 4.98. The summed E-state index contributed by atoms with van der Waals surface area (Å²) >= 11 is 0. The van der Waals surface area contributed by atoms with E-state index in [1.54, 1.807) is 6.07 Å². The summed E-state index contributed by atoms with van der Waals surface area (Å²) in [5.41, 5.74) is 5.80. The zero-order valence-corrected chi connectivity index (χ0v) is 11.1. The van der Waals surface area contributed by atoms with Gasteiger partial charge in [0.2, 0.25) is 0 Å². The predicted molar refractivity (Wildman–Crippen MR) is 73.3 cm³/mol. The van der Waals surface area contributed by atoms with E-state index in [0.717, 1.165) is 32.1 Å². The lowest BCUT2D eigenvalue weighted by molar-refractivity contribution is -0.386. The van der Waals surface area contributed by atoms with Gasteiger partial charge >= 0.3 is 5.69 Å². The molecule has 6 heteroatoms. The number of rotatable bonds is 3. The summed E-state index contributed by atoms with van der Waals surface area (Å²) < 4.78 is 5.76. The maximum atomic E-state index is 11.1. The van der Waals surface area contributed by atoms with Gasteiger partial charge < -0.3 is 10.5 Å². The highest BCUT2D eigenvalue weighted by Crippen LogP contribution is 2.32. The van der Waals surface area contributed by atoms with Crippen LogP contribution in [-0.2, 0) is 0 Å². The van der Waals surface area contributed by atoms with Crippen molar-refractivity contribution in [2.24, 2.45) is 5.73 Å². The second kappa shape index (κ2) is 6.35. The topological polar surface area (TPSA) is 102 Å². The number of nitrogens with two attached hydrogens (primary N) is 1. The molecule has 1 saturated carbocycles. The minimum Gasteiger partial charge on any atom is -0.482 e. The summed E-state index contributed by atoms with van der Waals surface area (Å²) in [4.78, 5) is 10.6. The molecule has 2 N–H and O–H groups in total. The lowest BCUT2D eigenvalue weighted by Gasteiger charge is -2.22.